The van der Waals surface area contributed by atoms with Gasteiger partial charge in [-0.2, -0.15) is 8.75 Å². The Labute approximate surface area is 170 Å². The van der Waals surface area contributed by atoms with E-state index >= 15 is 0 Å². The summed E-state index contributed by atoms with van der Waals surface area (Å²) in [5, 5.41) is 14.3. The maximum absolute atomic E-state index is 12.5. The number of sulfonamides is 1. The largest absolute Gasteiger partial charge is 0.367 e. The van der Waals surface area contributed by atoms with E-state index in [2.05, 4.69) is 39.3 Å². The molecule has 10 nitrogen and oxygen atoms in total. The van der Waals surface area contributed by atoms with Crippen LogP contribution in [0, 0.1) is 0 Å². The number of rotatable bonds is 8. The summed E-state index contributed by atoms with van der Waals surface area (Å²) in [6.07, 6.45) is 3.36. The predicted octanol–water partition coefficient (Wildman–Crippen LogP) is 2.01. The highest BCUT2D eigenvalue weighted by Gasteiger charge is 2.18. The number of hydrogen-bond donors (Lipinski definition) is 3. The van der Waals surface area contributed by atoms with Gasteiger partial charge in [0.2, 0.25) is 10.0 Å². The van der Waals surface area contributed by atoms with Crippen molar-refractivity contribution in [3.05, 3.63) is 54.9 Å². The smallest absolute Gasteiger partial charge is 0.242 e. The van der Waals surface area contributed by atoms with Gasteiger partial charge < -0.3 is 10.6 Å². The van der Waals surface area contributed by atoms with Crippen molar-refractivity contribution in [1.29, 1.82) is 0 Å². The number of nitrogens with one attached hydrogen (secondary N) is 3. The standard InChI is InChI=1S/C17H16N8O2S2/c26-29(27,14-3-1-2-13-17(14)25-28-24-13)20-11-10-19-15-4-5-16(23-22-15)21-12-6-8-18-9-7-12/h1-9,20H,10-11H2,(H,19,22)(H,18,21,23). The molecule has 0 aliphatic carbocycles. The summed E-state index contributed by atoms with van der Waals surface area (Å²) < 4.78 is 35.7. The molecular formula is C17H16N8O2S2. The molecule has 29 heavy (non-hydrogen) atoms. The number of anilines is 3. The van der Waals surface area contributed by atoms with Crippen molar-refractivity contribution in [2.75, 3.05) is 23.7 Å². The summed E-state index contributed by atoms with van der Waals surface area (Å²) in [5.41, 5.74) is 1.79. The third kappa shape index (κ3) is 4.62. The van der Waals surface area contributed by atoms with Gasteiger partial charge in [0.15, 0.2) is 5.82 Å². The maximum Gasteiger partial charge on any atom is 0.242 e. The van der Waals surface area contributed by atoms with Crippen molar-refractivity contribution in [3.8, 4) is 0 Å². The molecule has 0 atom stereocenters. The van der Waals surface area contributed by atoms with Gasteiger partial charge in [0.05, 0.1) is 11.7 Å². The van der Waals surface area contributed by atoms with Gasteiger partial charge in [-0.15, -0.1) is 10.2 Å². The summed E-state index contributed by atoms with van der Waals surface area (Å²) in [6, 6.07) is 12.1. The van der Waals surface area contributed by atoms with E-state index in [1.807, 2.05) is 12.1 Å². The van der Waals surface area contributed by atoms with Crippen LogP contribution < -0.4 is 15.4 Å². The van der Waals surface area contributed by atoms with Gasteiger partial charge in [-0.1, -0.05) is 6.07 Å². The third-order valence-corrected chi connectivity index (χ3v) is 5.91. The molecule has 0 amide bonds. The number of hydrogen-bond acceptors (Lipinski definition) is 10. The van der Waals surface area contributed by atoms with Crippen LogP contribution in [-0.2, 0) is 10.0 Å². The van der Waals surface area contributed by atoms with Crippen LogP contribution in [-0.4, -0.2) is 45.4 Å². The van der Waals surface area contributed by atoms with Crippen molar-refractivity contribution in [2.45, 2.75) is 4.90 Å². The van der Waals surface area contributed by atoms with Gasteiger partial charge in [0.25, 0.3) is 0 Å². The molecule has 0 saturated heterocycles. The molecular weight excluding hydrogens is 412 g/mol. The minimum Gasteiger partial charge on any atom is -0.367 e. The quantitative estimate of drug-likeness (QED) is 0.360. The Morgan fingerprint density at radius 3 is 2.48 bits per heavy atom. The highest BCUT2D eigenvalue weighted by atomic mass is 32.2. The van der Waals surface area contributed by atoms with Crippen LogP contribution in [0.1, 0.15) is 0 Å². The van der Waals surface area contributed by atoms with Crippen LogP contribution in [0.25, 0.3) is 11.0 Å². The second-order valence-electron chi connectivity index (χ2n) is 5.88. The average molecular weight is 429 g/mol. The van der Waals surface area contributed by atoms with E-state index in [0.29, 0.717) is 29.2 Å². The van der Waals surface area contributed by atoms with Crippen molar-refractivity contribution < 1.29 is 8.42 Å². The molecule has 12 heteroatoms. The fourth-order valence-electron chi connectivity index (χ4n) is 2.53. The van der Waals surface area contributed by atoms with E-state index in [1.54, 1.807) is 36.7 Å². The molecule has 0 radical (unpaired) electrons. The van der Waals surface area contributed by atoms with E-state index in [4.69, 9.17) is 0 Å². The summed E-state index contributed by atoms with van der Waals surface area (Å²) in [4.78, 5) is 4.07. The molecule has 0 unspecified atom stereocenters. The van der Waals surface area contributed by atoms with E-state index in [1.165, 1.54) is 6.07 Å². The zero-order chi connectivity index (χ0) is 20.1. The minimum atomic E-state index is -3.69. The Bertz CT molecular complexity index is 1200. The third-order valence-electron chi connectivity index (χ3n) is 3.88. The molecule has 148 valence electrons. The SMILES string of the molecule is O=S(=O)(NCCNc1ccc(Nc2ccncc2)nn1)c1cccc2nsnc12. The fourth-order valence-corrected chi connectivity index (χ4v) is 4.32. The van der Waals surface area contributed by atoms with Crippen LogP contribution in [0.3, 0.4) is 0 Å². The maximum atomic E-state index is 12.5. The van der Waals surface area contributed by atoms with E-state index < -0.39 is 10.0 Å². The van der Waals surface area contributed by atoms with E-state index in [9.17, 15) is 8.42 Å². The van der Waals surface area contributed by atoms with Crippen molar-refractivity contribution in [3.63, 3.8) is 0 Å². The minimum absolute atomic E-state index is 0.120. The summed E-state index contributed by atoms with van der Waals surface area (Å²) in [6.45, 7) is 0.519. The molecule has 4 aromatic rings. The molecule has 3 N–H and O–H groups in total. The summed E-state index contributed by atoms with van der Waals surface area (Å²) >= 11 is 0.982. The number of nitrogens with zero attached hydrogens (tertiary/aromatic N) is 5. The predicted molar refractivity (Wildman–Crippen MR) is 111 cm³/mol. The Morgan fingerprint density at radius 2 is 1.69 bits per heavy atom. The number of benzene rings is 1. The Balaban J connectivity index is 1.30. The molecule has 0 bridgehead atoms. The summed E-state index contributed by atoms with van der Waals surface area (Å²) in [5.74, 6) is 1.13. The number of pyridine rings is 1. The molecule has 3 heterocycles. The molecule has 0 spiro atoms. The second kappa shape index (κ2) is 8.43. The van der Waals surface area contributed by atoms with Gasteiger partial charge in [0, 0.05) is 31.2 Å². The second-order valence-corrected chi connectivity index (χ2v) is 8.14. The Morgan fingerprint density at radius 1 is 0.897 bits per heavy atom. The first-order chi connectivity index (χ1) is 14.1. The molecule has 0 aliphatic heterocycles. The molecule has 3 aromatic heterocycles. The molecule has 1 aromatic carbocycles. The highest BCUT2D eigenvalue weighted by molar-refractivity contribution is 7.89. The monoisotopic (exact) mass is 428 g/mol. The van der Waals surface area contributed by atoms with Crippen molar-refractivity contribution in [2.24, 2.45) is 0 Å². The van der Waals surface area contributed by atoms with Crippen molar-refractivity contribution >= 4 is 50.1 Å². The first kappa shape index (κ1) is 19.1. The zero-order valence-corrected chi connectivity index (χ0v) is 16.6. The molecule has 0 fully saturated rings. The van der Waals surface area contributed by atoms with Crippen LogP contribution in [0.15, 0.2) is 59.8 Å². The topological polar surface area (TPSA) is 135 Å². The highest BCUT2D eigenvalue weighted by Crippen LogP contribution is 2.20. The lowest BCUT2D eigenvalue weighted by molar-refractivity contribution is 0.583. The van der Waals surface area contributed by atoms with Crippen LogP contribution in [0.2, 0.25) is 0 Å². The van der Waals surface area contributed by atoms with E-state index in [0.717, 1.165) is 17.4 Å². The van der Waals surface area contributed by atoms with E-state index in [-0.39, 0.29) is 11.4 Å². The normalized spacial score (nSPS) is 11.4. The van der Waals surface area contributed by atoms with Crippen LogP contribution >= 0.6 is 11.7 Å². The Kier molecular flexibility index (Phi) is 5.55. The molecule has 0 aliphatic rings. The van der Waals surface area contributed by atoms with Crippen LogP contribution in [0.4, 0.5) is 17.3 Å². The lowest BCUT2D eigenvalue weighted by Gasteiger charge is -2.09. The van der Waals surface area contributed by atoms with Gasteiger partial charge in [-0.3, -0.25) is 4.98 Å². The van der Waals surface area contributed by atoms with Gasteiger partial charge >= 0.3 is 0 Å². The first-order valence-electron chi connectivity index (χ1n) is 8.57. The van der Waals surface area contributed by atoms with Gasteiger partial charge in [-0.05, 0) is 36.4 Å². The first-order valence-corrected chi connectivity index (χ1v) is 10.8. The van der Waals surface area contributed by atoms with Crippen molar-refractivity contribution in [1.82, 2.24) is 28.7 Å². The fraction of sp³-hybridized carbons (Fsp3) is 0.118. The molecule has 0 saturated carbocycles. The van der Waals surface area contributed by atoms with Gasteiger partial charge in [-0.25, -0.2) is 13.1 Å². The number of fused-ring (bicyclic) bond motifs is 1. The van der Waals surface area contributed by atoms with Crippen LogP contribution in [0.5, 0.6) is 0 Å². The summed E-state index contributed by atoms with van der Waals surface area (Å²) in [7, 11) is -3.69. The number of aromatic nitrogens is 5. The van der Waals surface area contributed by atoms with Gasteiger partial charge in [0.1, 0.15) is 21.7 Å². The Hall–Kier alpha value is -3.22. The molecule has 4 rings (SSSR count). The average Bonchev–Trinajstić information content (AvgIpc) is 3.22. The zero-order valence-electron chi connectivity index (χ0n) is 15.0. The lowest BCUT2D eigenvalue weighted by atomic mass is 10.3. The lowest BCUT2D eigenvalue weighted by Crippen LogP contribution is -2.29.